The fourth-order valence-corrected chi connectivity index (χ4v) is 7.19. The Kier molecular flexibility index (Phi) is 3.97. The predicted molar refractivity (Wildman–Crippen MR) is 132 cm³/mol. The minimum atomic E-state index is -0.410. The third kappa shape index (κ3) is 2.79. The highest BCUT2D eigenvalue weighted by Gasteiger charge is 2.61. The fourth-order valence-electron chi connectivity index (χ4n) is 7.05. The topological polar surface area (TPSA) is 56.0 Å². The van der Waals surface area contributed by atoms with Crippen LogP contribution in [0, 0.1) is 29.5 Å². The molecule has 3 aliphatic carbocycles. The summed E-state index contributed by atoms with van der Waals surface area (Å²) in [5.74, 6) is 2.95. The van der Waals surface area contributed by atoms with Crippen LogP contribution >= 0.6 is 11.6 Å². The van der Waals surface area contributed by atoms with E-state index in [2.05, 4.69) is 15.6 Å². The number of amides is 1. The maximum atomic E-state index is 15.5. The molecule has 0 bridgehead atoms. The number of likely N-dealkylation sites (tertiary alicyclic amines) is 1. The van der Waals surface area contributed by atoms with Crippen molar-refractivity contribution in [2.75, 3.05) is 6.54 Å². The second kappa shape index (κ2) is 6.84. The van der Waals surface area contributed by atoms with Gasteiger partial charge in [-0.05, 0) is 79.7 Å². The first-order chi connectivity index (χ1) is 17.0. The minimum absolute atomic E-state index is 0.0578. The molecule has 4 aromatic rings. The Balaban J connectivity index is 1.23. The molecule has 0 spiro atoms. The number of nitrogens with zero attached hydrogens (tertiary/aromatic N) is 5. The van der Waals surface area contributed by atoms with Crippen molar-refractivity contribution in [3.8, 4) is 11.5 Å². The molecule has 1 aliphatic heterocycles. The van der Waals surface area contributed by atoms with Crippen molar-refractivity contribution in [3.63, 3.8) is 0 Å². The van der Waals surface area contributed by atoms with E-state index in [1.165, 1.54) is 25.3 Å². The van der Waals surface area contributed by atoms with E-state index >= 15 is 4.39 Å². The number of hydrogen-bond donors (Lipinski definition) is 0. The summed E-state index contributed by atoms with van der Waals surface area (Å²) in [4.78, 5) is 24.8. The van der Waals surface area contributed by atoms with E-state index in [9.17, 15) is 4.79 Å². The lowest BCUT2D eigenvalue weighted by atomic mass is 9.53. The van der Waals surface area contributed by atoms with Gasteiger partial charge in [0.2, 0.25) is 0 Å². The SMILES string of the molecule is Cn1c(-c2cc3ccc(Cl)nc3n2CC2CC2)nc2cc(C(=O)N3C[C@H]4CC5C[C@@H]3[C@H]54)cc(F)c21. The summed E-state index contributed by atoms with van der Waals surface area (Å²) in [5, 5.41) is 1.43. The Morgan fingerprint density at radius 1 is 1.14 bits per heavy atom. The minimum Gasteiger partial charge on any atom is -0.335 e. The van der Waals surface area contributed by atoms with E-state index in [0.717, 1.165) is 42.2 Å². The van der Waals surface area contributed by atoms with Crippen LogP contribution in [0.1, 0.15) is 36.0 Å². The molecule has 0 radical (unpaired) electrons. The van der Waals surface area contributed by atoms with E-state index in [0.29, 0.717) is 51.4 Å². The molecule has 4 atom stereocenters. The van der Waals surface area contributed by atoms with Gasteiger partial charge in [0, 0.05) is 37.1 Å². The van der Waals surface area contributed by atoms with Gasteiger partial charge in [-0.3, -0.25) is 4.79 Å². The molecule has 1 unspecified atom stereocenters. The number of carbonyl (C=O) groups excluding carboxylic acids is 1. The van der Waals surface area contributed by atoms with Crippen LogP contribution in [-0.4, -0.2) is 42.5 Å². The summed E-state index contributed by atoms with van der Waals surface area (Å²) in [6.45, 7) is 1.65. The number of aryl methyl sites for hydroxylation is 1. The first-order valence-electron chi connectivity index (χ1n) is 12.6. The van der Waals surface area contributed by atoms with Gasteiger partial charge in [-0.1, -0.05) is 11.6 Å². The Morgan fingerprint density at radius 2 is 2.00 bits per heavy atom. The third-order valence-electron chi connectivity index (χ3n) is 9.02. The number of fused-ring (bicyclic) bond motifs is 2. The summed E-state index contributed by atoms with van der Waals surface area (Å²) >= 11 is 6.22. The van der Waals surface area contributed by atoms with E-state index in [-0.39, 0.29) is 5.91 Å². The number of imidazole rings is 1. The zero-order chi connectivity index (χ0) is 23.6. The van der Waals surface area contributed by atoms with Crippen molar-refractivity contribution in [2.45, 2.75) is 38.3 Å². The first kappa shape index (κ1) is 20.3. The highest BCUT2D eigenvalue weighted by Crippen LogP contribution is 2.60. The molecule has 4 heterocycles. The van der Waals surface area contributed by atoms with Gasteiger partial charge in [0.1, 0.15) is 22.1 Å². The Labute approximate surface area is 206 Å². The van der Waals surface area contributed by atoms with Crippen LogP contribution in [0.4, 0.5) is 4.39 Å². The lowest BCUT2D eigenvalue weighted by Gasteiger charge is -2.52. The van der Waals surface area contributed by atoms with Gasteiger partial charge >= 0.3 is 0 Å². The summed E-state index contributed by atoms with van der Waals surface area (Å²) < 4.78 is 19.4. The molecule has 4 aliphatic rings. The highest BCUT2D eigenvalue weighted by molar-refractivity contribution is 6.29. The van der Waals surface area contributed by atoms with Crippen LogP contribution in [0.15, 0.2) is 30.3 Å². The molecule has 4 fully saturated rings. The van der Waals surface area contributed by atoms with Crippen LogP contribution in [-0.2, 0) is 13.6 Å². The van der Waals surface area contributed by atoms with Crippen molar-refractivity contribution >= 4 is 39.6 Å². The van der Waals surface area contributed by atoms with Crippen LogP contribution in [0.2, 0.25) is 5.15 Å². The van der Waals surface area contributed by atoms with Gasteiger partial charge in [-0.25, -0.2) is 14.4 Å². The van der Waals surface area contributed by atoms with Gasteiger partial charge in [0.25, 0.3) is 5.91 Å². The van der Waals surface area contributed by atoms with Crippen molar-refractivity contribution in [1.29, 1.82) is 0 Å². The molecule has 8 heteroatoms. The van der Waals surface area contributed by atoms with Crippen LogP contribution in [0.5, 0.6) is 0 Å². The number of carbonyl (C=O) groups is 1. The standard InChI is InChI=1S/C27H25ClFN5O/c1-32-24-18(29)7-16(27(35)34-12-17-6-15-10-20(34)23(15)17)8-19(24)30-26(32)21-9-14-4-5-22(28)31-25(14)33(21)11-13-2-3-13/h4-5,7-9,13,15,17,20,23H,2-3,6,10-12H2,1H3/t15?,17-,20-,23-/m1/s1. The smallest absolute Gasteiger partial charge is 0.254 e. The van der Waals surface area contributed by atoms with Gasteiger partial charge in [0.05, 0.1) is 11.2 Å². The molecule has 6 nitrogen and oxygen atoms in total. The van der Waals surface area contributed by atoms with Crippen molar-refractivity contribution < 1.29 is 9.18 Å². The number of aromatic nitrogens is 4. The molecule has 35 heavy (non-hydrogen) atoms. The number of benzene rings is 1. The van der Waals surface area contributed by atoms with Crippen LogP contribution in [0.3, 0.4) is 0 Å². The second-order valence-electron chi connectivity index (χ2n) is 11.0. The lowest BCUT2D eigenvalue weighted by Crippen LogP contribution is -2.53. The third-order valence-corrected chi connectivity index (χ3v) is 9.23. The Bertz CT molecular complexity index is 1570. The van der Waals surface area contributed by atoms with Gasteiger partial charge < -0.3 is 14.0 Å². The number of pyridine rings is 1. The molecular weight excluding hydrogens is 465 g/mol. The number of hydrogen-bond acceptors (Lipinski definition) is 3. The summed E-state index contributed by atoms with van der Waals surface area (Å²) in [7, 11) is 1.83. The Morgan fingerprint density at radius 3 is 2.77 bits per heavy atom. The van der Waals surface area contributed by atoms with E-state index in [4.69, 9.17) is 16.6 Å². The monoisotopic (exact) mass is 489 g/mol. The largest absolute Gasteiger partial charge is 0.335 e. The van der Waals surface area contributed by atoms with E-state index < -0.39 is 5.82 Å². The molecule has 1 amide bonds. The lowest BCUT2D eigenvalue weighted by molar-refractivity contribution is -0.0204. The summed E-state index contributed by atoms with van der Waals surface area (Å²) in [6, 6.07) is 9.32. The average Bonchev–Trinajstić information content (AvgIpc) is 3.48. The maximum Gasteiger partial charge on any atom is 0.254 e. The van der Waals surface area contributed by atoms with Crippen molar-refractivity contribution in [2.24, 2.45) is 30.7 Å². The molecule has 8 rings (SSSR count). The normalized spacial score (nSPS) is 26.8. The van der Waals surface area contributed by atoms with Crippen LogP contribution in [0.25, 0.3) is 33.6 Å². The molecule has 178 valence electrons. The molecule has 1 saturated heterocycles. The molecular formula is C27H25ClFN5O. The van der Waals surface area contributed by atoms with Gasteiger partial charge in [-0.2, -0.15) is 0 Å². The fraction of sp³-hybridized carbons (Fsp3) is 0.444. The molecule has 3 saturated carbocycles. The molecule has 0 N–H and O–H groups in total. The maximum absolute atomic E-state index is 15.5. The van der Waals surface area contributed by atoms with Crippen molar-refractivity contribution in [1.82, 2.24) is 24.0 Å². The summed E-state index contributed by atoms with van der Waals surface area (Å²) in [6.07, 6.45) is 4.75. The number of rotatable bonds is 4. The number of halogens is 2. The average molecular weight is 490 g/mol. The zero-order valence-electron chi connectivity index (χ0n) is 19.4. The predicted octanol–water partition coefficient (Wildman–Crippen LogP) is 5.27. The molecule has 1 aromatic carbocycles. The van der Waals surface area contributed by atoms with Crippen LogP contribution < -0.4 is 0 Å². The van der Waals surface area contributed by atoms with Gasteiger partial charge in [0.15, 0.2) is 5.82 Å². The van der Waals surface area contributed by atoms with Crippen molar-refractivity contribution in [3.05, 3.63) is 46.9 Å². The van der Waals surface area contributed by atoms with E-state index in [1.54, 1.807) is 16.7 Å². The first-order valence-corrected chi connectivity index (χ1v) is 13.0. The quantitative estimate of drug-likeness (QED) is 0.367. The second-order valence-corrected chi connectivity index (χ2v) is 11.4. The highest BCUT2D eigenvalue weighted by atomic mass is 35.5. The molecule has 3 aromatic heterocycles. The summed E-state index contributed by atoms with van der Waals surface area (Å²) in [5.41, 5.74) is 3.04. The van der Waals surface area contributed by atoms with E-state index in [1.807, 2.05) is 18.0 Å². The van der Waals surface area contributed by atoms with Gasteiger partial charge in [-0.15, -0.1) is 0 Å². The zero-order valence-corrected chi connectivity index (χ0v) is 20.2. The Hall–Kier alpha value is -2.93.